The summed E-state index contributed by atoms with van der Waals surface area (Å²) in [5.74, 6) is 1.33. The smallest absolute Gasteiger partial charge is 0.317 e. The summed E-state index contributed by atoms with van der Waals surface area (Å²) in [4.78, 5) is 20.2. The quantitative estimate of drug-likeness (QED) is 0.854. The lowest BCUT2D eigenvalue weighted by Gasteiger charge is -2.36. The van der Waals surface area contributed by atoms with E-state index in [2.05, 4.69) is 20.4 Å². The molecule has 0 saturated carbocycles. The van der Waals surface area contributed by atoms with Gasteiger partial charge in [-0.2, -0.15) is 4.98 Å². The summed E-state index contributed by atoms with van der Waals surface area (Å²) in [6.45, 7) is 5.98. The van der Waals surface area contributed by atoms with Crippen LogP contribution in [0.25, 0.3) is 0 Å². The Kier molecular flexibility index (Phi) is 3.37. The number of piperidine rings is 1. The zero-order valence-corrected chi connectivity index (χ0v) is 11.1. The largest absolute Gasteiger partial charge is 0.338 e. The van der Waals surface area contributed by atoms with Crippen LogP contribution in [0, 0.1) is 6.92 Å². The summed E-state index contributed by atoms with van der Waals surface area (Å²) in [6.07, 6.45) is 2.17. The fraction of sp³-hybridized carbons (Fsp3) is 0.750. The number of rotatable bonds is 3. The number of aromatic nitrogens is 2. The summed E-state index contributed by atoms with van der Waals surface area (Å²) in [6, 6.07) is 0.376. The van der Waals surface area contributed by atoms with Crippen molar-refractivity contribution in [2.45, 2.75) is 32.4 Å². The van der Waals surface area contributed by atoms with Crippen LogP contribution in [0.1, 0.15) is 24.6 Å². The Labute approximate surface area is 111 Å². The van der Waals surface area contributed by atoms with Crippen molar-refractivity contribution in [1.29, 1.82) is 0 Å². The summed E-state index contributed by atoms with van der Waals surface area (Å²) in [5.41, 5.74) is 0. The standard InChI is InChI=1S/C12H19N5O2/c1-9-14-11(19-15-9)8-16-5-2-3-10(7-16)17-6-4-13-12(17)18/h10H,2-8H2,1H3,(H,13,18)/t10-/m0/s1. The summed E-state index contributed by atoms with van der Waals surface area (Å²) < 4.78 is 5.15. The van der Waals surface area contributed by atoms with Gasteiger partial charge >= 0.3 is 6.03 Å². The second-order valence-corrected chi connectivity index (χ2v) is 5.19. The van der Waals surface area contributed by atoms with Crippen molar-refractivity contribution in [2.24, 2.45) is 0 Å². The number of aryl methyl sites for hydroxylation is 1. The van der Waals surface area contributed by atoms with Gasteiger partial charge in [-0.25, -0.2) is 4.79 Å². The maximum Gasteiger partial charge on any atom is 0.317 e. The monoisotopic (exact) mass is 265 g/mol. The van der Waals surface area contributed by atoms with E-state index in [9.17, 15) is 4.79 Å². The first-order chi connectivity index (χ1) is 9.22. The summed E-state index contributed by atoms with van der Waals surface area (Å²) >= 11 is 0. The third-order valence-corrected chi connectivity index (χ3v) is 3.74. The maximum atomic E-state index is 11.7. The van der Waals surface area contributed by atoms with Gasteiger partial charge in [-0.1, -0.05) is 5.16 Å². The minimum absolute atomic E-state index is 0.0699. The molecule has 3 heterocycles. The lowest BCUT2D eigenvalue weighted by Crippen LogP contribution is -2.48. The Morgan fingerprint density at radius 1 is 1.47 bits per heavy atom. The first kappa shape index (κ1) is 12.4. The molecular formula is C12H19N5O2. The van der Waals surface area contributed by atoms with E-state index in [-0.39, 0.29) is 6.03 Å². The molecule has 19 heavy (non-hydrogen) atoms. The molecule has 2 amide bonds. The molecule has 1 atom stereocenters. The van der Waals surface area contributed by atoms with Crippen LogP contribution in [-0.2, 0) is 6.54 Å². The predicted octanol–water partition coefficient (Wildman–Crippen LogP) is 0.368. The molecule has 1 aromatic heterocycles. The highest BCUT2D eigenvalue weighted by molar-refractivity contribution is 5.76. The number of likely N-dealkylation sites (tertiary alicyclic amines) is 1. The van der Waals surface area contributed by atoms with Gasteiger partial charge in [0, 0.05) is 25.7 Å². The van der Waals surface area contributed by atoms with E-state index in [1.165, 1.54) is 0 Å². The Morgan fingerprint density at radius 3 is 3.05 bits per heavy atom. The van der Waals surface area contributed by atoms with E-state index in [0.717, 1.165) is 39.0 Å². The van der Waals surface area contributed by atoms with Crippen LogP contribution in [0.15, 0.2) is 4.52 Å². The van der Waals surface area contributed by atoms with Gasteiger partial charge in [-0.15, -0.1) is 0 Å². The number of carbonyl (C=O) groups is 1. The molecule has 7 heteroatoms. The first-order valence-corrected chi connectivity index (χ1v) is 6.78. The fourth-order valence-corrected chi connectivity index (χ4v) is 2.86. The zero-order chi connectivity index (χ0) is 13.2. The van der Waals surface area contributed by atoms with Crippen molar-refractivity contribution >= 4 is 6.03 Å². The summed E-state index contributed by atoms with van der Waals surface area (Å²) in [5, 5.41) is 6.67. The number of carbonyl (C=O) groups excluding carboxylic acids is 1. The van der Waals surface area contributed by atoms with Crippen LogP contribution in [0.5, 0.6) is 0 Å². The average molecular weight is 265 g/mol. The molecule has 2 aliphatic rings. The van der Waals surface area contributed by atoms with Crippen LogP contribution >= 0.6 is 0 Å². The second kappa shape index (κ2) is 5.16. The van der Waals surface area contributed by atoms with E-state index in [1.807, 2.05) is 11.8 Å². The fourth-order valence-electron chi connectivity index (χ4n) is 2.86. The number of hydrogen-bond acceptors (Lipinski definition) is 5. The molecule has 3 rings (SSSR count). The molecule has 1 aromatic rings. The molecular weight excluding hydrogens is 246 g/mol. The van der Waals surface area contributed by atoms with Crippen molar-refractivity contribution in [3.05, 3.63) is 11.7 Å². The van der Waals surface area contributed by atoms with Gasteiger partial charge in [-0.05, 0) is 26.3 Å². The molecule has 2 aliphatic heterocycles. The van der Waals surface area contributed by atoms with Crippen LogP contribution in [0.3, 0.4) is 0 Å². The minimum atomic E-state index is 0.0699. The molecule has 104 valence electrons. The minimum Gasteiger partial charge on any atom is -0.338 e. The topological polar surface area (TPSA) is 74.5 Å². The van der Waals surface area contributed by atoms with Crippen molar-refractivity contribution in [1.82, 2.24) is 25.3 Å². The normalized spacial score (nSPS) is 24.8. The Hall–Kier alpha value is -1.63. The third-order valence-electron chi connectivity index (χ3n) is 3.74. The van der Waals surface area contributed by atoms with Gasteiger partial charge in [0.25, 0.3) is 0 Å². The highest BCUT2D eigenvalue weighted by atomic mass is 16.5. The highest BCUT2D eigenvalue weighted by Crippen LogP contribution is 2.19. The van der Waals surface area contributed by atoms with E-state index in [4.69, 9.17) is 4.52 Å². The maximum absolute atomic E-state index is 11.7. The van der Waals surface area contributed by atoms with Gasteiger partial charge in [-0.3, -0.25) is 4.90 Å². The number of hydrogen-bond donors (Lipinski definition) is 1. The SMILES string of the molecule is Cc1noc(CN2CCC[C@H](N3CCNC3=O)C2)n1. The third kappa shape index (κ3) is 2.70. The van der Waals surface area contributed by atoms with Crippen molar-refractivity contribution in [3.8, 4) is 0 Å². The molecule has 0 radical (unpaired) electrons. The van der Waals surface area contributed by atoms with E-state index >= 15 is 0 Å². The Balaban J connectivity index is 1.60. The first-order valence-electron chi connectivity index (χ1n) is 6.78. The van der Waals surface area contributed by atoms with Crippen LogP contribution in [0.4, 0.5) is 4.79 Å². The second-order valence-electron chi connectivity index (χ2n) is 5.19. The van der Waals surface area contributed by atoms with Crippen molar-refractivity contribution in [3.63, 3.8) is 0 Å². The van der Waals surface area contributed by atoms with E-state index in [1.54, 1.807) is 0 Å². The van der Waals surface area contributed by atoms with Gasteiger partial charge < -0.3 is 14.7 Å². The van der Waals surface area contributed by atoms with Gasteiger partial charge in [0.1, 0.15) is 0 Å². The molecule has 2 saturated heterocycles. The van der Waals surface area contributed by atoms with Gasteiger partial charge in [0.15, 0.2) is 5.82 Å². The van der Waals surface area contributed by atoms with Crippen LogP contribution < -0.4 is 5.32 Å². The van der Waals surface area contributed by atoms with Crippen LogP contribution in [0.2, 0.25) is 0 Å². The lowest BCUT2D eigenvalue weighted by molar-refractivity contribution is 0.113. The predicted molar refractivity (Wildman–Crippen MR) is 67.4 cm³/mol. The van der Waals surface area contributed by atoms with Crippen molar-refractivity contribution in [2.75, 3.05) is 26.2 Å². The molecule has 0 unspecified atom stereocenters. The molecule has 7 nitrogen and oxygen atoms in total. The Bertz CT molecular complexity index is 461. The number of amides is 2. The highest BCUT2D eigenvalue weighted by Gasteiger charge is 2.31. The van der Waals surface area contributed by atoms with Crippen molar-refractivity contribution < 1.29 is 9.32 Å². The summed E-state index contributed by atoms with van der Waals surface area (Å²) in [7, 11) is 0. The lowest BCUT2D eigenvalue weighted by atomic mass is 10.0. The van der Waals surface area contributed by atoms with Gasteiger partial charge in [0.2, 0.25) is 5.89 Å². The Morgan fingerprint density at radius 2 is 2.37 bits per heavy atom. The molecule has 0 bridgehead atoms. The van der Waals surface area contributed by atoms with Crippen LogP contribution in [-0.4, -0.2) is 58.2 Å². The number of nitrogens with zero attached hydrogens (tertiary/aromatic N) is 4. The molecule has 0 spiro atoms. The molecule has 0 aromatic carbocycles. The van der Waals surface area contributed by atoms with Gasteiger partial charge in [0.05, 0.1) is 6.54 Å². The molecule has 1 N–H and O–H groups in total. The number of nitrogens with one attached hydrogen (secondary N) is 1. The molecule has 0 aliphatic carbocycles. The molecule has 2 fully saturated rings. The van der Waals surface area contributed by atoms with E-state index in [0.29, 0.717) is 24.3 Å². The zero-order valence-electron chi connectivity index (χ0n) is 11.1. The number of urea groups is 1. The average Bonchev–Trinajstić information content (AvgIpc) is 2.99. The van der Waals surface area contributed by atoms with E-state index < -0.39 is 0 Å².